The Labute approximate surface area is 94.6 Å². The van der Waals surface area contributed by atoms with Crippen LogP contribution in [0.4, 0.5) is 0 Å². The van der Waals surface area contributed by atoms with E-state index < -0.39 is 0 Å². The molecule has 1 aliphatic carbocycles. The van der Waals surface area contributed by atoms with E-state index in [1.165, 1.54) is 30.2 Å². The number of halogens is 1. The molecule has 1 nitrogen and oxygen atoms in total. The Morgan fingerprint density at radius 1 is 1.57 bits per heavy atom. The van der Waals surface area contributed by atoms with Gasteiger partial charge in [-0.1, -0.05) is 41.4 Å². The van der Waals surface area contributed by atoms with E-state index in [0.717, 1.165) is 12.8 Å². The van der Waals surface area contributed by atoms with Gasteiger partial charge in [0.15, 0.2) is 0 Å². The molecule has 0 amide bonds. The summed E-state index contributed by atoms with van der Waals surface area (Å²) in [6, 6.07) is 2.13. The molecule has 0 N–H and O–H groups in total. The minimum absolute atomic E-state index is 0.488. The monoisotopic (exact) mass is 253 g/mol. The molecule has 0 aromatic rings. The maximum Gasteiger partial charge on any atom is 0.0941 e. The molecule has 0 spiro atoms. The number of allylic oxidation sites excluding steroid dienone is 3. The number of hydrogen-bond donors (Lipinski definition) is 0. The van der Waals surface area contributed by atoms with Crippen molar-refractivity contribution in [2.75, 3.05) is 0 Å². The van der Waals surface area contributed by atoms with E-state index in [1.807, 2.05) is 0 Å². The molecule has 0 fully saturated rings. The average Bonchev–Trinajstić information content (AvgIpc) is 2.17. The van der Waals surface area contributed by atoms with Crippen LogP contribution in [0.1, 0.15) is 38.5 Å². The van der Waals surface area contributed by atoms with Crippen LogP contribution in [-0.4, -0.2) is 0 Å². The smallest absolute Gasteiger partial charge is 0.0941 e. The summed E-state index contributed by atoms with van der Waals surface area (Å²) in [4.78, 5) is 0. The van der Waals surface area contributed by atoms with E-state index in [-0.39, 0.29) is 0 Å². The van der Waals surface area contributed by atoms with Crippen molar-refractivity contribution in [3.63, 3.8) is 0 Å². The van der Waals surface area contributed by atoms with Gasteiger partial charge in [-0.25, -0.2) is 0 Å². The lowest BCUT2D eigenvalue weighted by molar-refractivity contribution is 0.515. The number of nitriles is 1. The molecule has 0 aliphatic heterocycles. The summed E-state index contributed by atoms with van der Waals surface area (Å²) < 4.78 is 1.27. The van der Waals surface area contributed by atoms with Crippen LogP contribution in [0.5, 0.6) is 0 Å². The molecular formula is C12H16BrN. The highest BCUT2D eigenvalue weighted by Gasteiger charge is 2.14. The van der Waals surface area contributed by atoms with E-state index in [4.69, 9.17) is 5.26 Å². The van der Waals surface area contributed by atoms with Gasteiger partial charge in [0.05, 0.1) is 6.07 Å². The fourth-order valence-corrected chi connectivity index (χ4v) is 2.42. The molecule has 1 rings (SSSR count). The van der Waals surface area contributed by atoms with Crippen molar-refractivity contribution in [1.82, 2.24) is 0 Å². The van der Waals surface area contributed by atoms with Crippen LogP contribution >= 0.6 is 15.9 Å². The first-order chi connectivity index (χ1) is 6.74. The summed E-state index contributed by atoms with van der Waals surface area (Å²) in [5.74, 6) is 0.488. The summed E-state index contributed by atoms with van der Waals surface area (Å²) in [6.07, 6.45) is 9.29. The molecule has 0 bridgehead atoms. The van der Waals surface area contributed by atoms with E-state index in [1.54, 1.807) is 0 Å². The van der Waals surface area contributed by atoms with Crippen LogP contribution < -0.4 is 0 Å². The Bertz CT molecular complexity index is 273. The predicted octanol–water partition coefficient (Wildman–Crippen LogP) is 4.32. The molecule has 14 heavy (non-hydrogen) atoms. The number of rotatable bonds is 2. The van der Waals surface area contributed by atoms with Crippen molar-refractivity contribution in [1.29, 1.82) is 5.26 Å². The lowest BCUT2D eigenvalue weighted by atomic mass is 9.91. The molecule has 1 aliphatic rings. The highest BCUT2D eigenvalue weighted by Crippen LogP contribution is 2.31. The largest absolute Gasteiger partial charge is 0.193 e. The molecule has 2 heteroatoms. The minimum Gasteiger partial charge on any atom is -0.193 e. The van der Waals surface area contributed by atoms with Gasteiger partial charge >= 0.3 is 0 Å². The predicted molar refractivity (Wildman–Crippen MR) is 63.0 cm³/mol. The van der Waals surface area contributed by atoms with Crippen LogP contribution in [0, 0.1) is 17.2 Å². The maximum atomic E-state index is 8.69. The Morgan fingerprint density at radius 3 is 3.07 bits per heavy atom. The zero-order valence-electron chi connectivity index (χ0n) is 8.43. The highest BCUT2D eigenvalue weighted by molar-refractivity contribution is 9.11. The van der Waals surface area contributed by atoms with Crippen LogP contribution in [0.3, 0.4) is 0 Å². The highest BCUT2D eigenvalue weighted by atomic mass is 79.9. The maximum absolute atomic E-state index is 8.69. The van der Waals surface area contributed by atoms with E-state index >= 15 is 0 Å². The van der Waals surface area contributed by atoms with Gasteiger partial charge in [0.1, 0.15) is 0 Å². The van der Waals surface area contributed by atoms with Gasteiger partial charge < -0.3 is 0 Å². The van der Waals surface area contributed by atoms with E-state index in [9.17, 15) is 0 Å². The summed E-state index contributed by atoms with van der Waals surface area (Å²) >= 11 is 3.61. The molecule has 0 aromatic carbocycles. The van der Waals surface area contributed by atoms with Gasteiger partial charge in [0, 0.05) is 5.57 Å². The van der Waals surface area contributed by atoms with Gasteiger partial charge in [0.2, 0.25) is 0 Å². The minimum atomic E-state index is 0.488. The molecule has 0 radical (unpaired) electrons. The van der Waals surface area contributed by atoms with Crippen LogP contribution in [0.25, 0.3) is 0 Å². The molecule has 1 unspecified atom stereocenters. The second-order valence-corrected chi connectivity index (χ2v) is 4.76. The lowest BCUT2D eigenvalue weighted by Gasteiger charge is -2.18. The van der Waals surface area contributed by atoms with Crippen LogP contribution in [0.15, 0.2) is 22.7 Å². The summed E-state index contributed by atoms with van der Waals surface area (Å²) in [5, 5.41) is 8.69. The van der Waals surface area contributed by atoms with Crippen molar-refractivity contribution in [3.8, 4) is 6.07 Å². The van der Waals surface area contributed by atoms with Gasteiger partial charge in [-0.2, -0.15) is 5.26 Å². The fourth-order valence-electron chi connectivity index (χ4n) is 1.80. The van der Waals surface area contributed by atoms with Gasteiger partial charge in [-0.05, 0) is 36.1 Å². The number of hydrogen-bond acceptors (Lipinski definition) is 1. The molecule has 76 valence electrons. The third-order valence-electron chi connectivity index (χ3n) is 2.64. The zero-order chi connectivity index (χ0) is 10.4. The first-order valence-corrected chi connectivity index (χ1v) is 5.96. The molecule has 0 heterocycles. The van der Waals surface area contributed by atoms with E-state index in [2.05, 4.69) is 34.7 Å². The first-order valence-electron chi connectivity index (χ1n) is 5.17. The molecule has 1 atom stereocenters. The SMILES string of the molecule is C=C(C#N)CC1CCCCC/C=C\1Br. The summed E-state index contributed by atoms with van der Waals surface area (Å²) in [6.45, 7) is 3.75. The van der Waals surface area contributed by atoms with Crippen molar-refractivity contribution in [2.24, 2.45) is 5.92 Å². The third kappa shape index (κ3) is 3.67. The van der Waals surface area contributed by atoms with E-state index in [0.29, 0.717) is 11.5 Å². The molecular weight excluding hydrogens is 238 g/mol. The molecule has 0 saturated heterocycles. The molecule has 0 saturated carbocycles. The second-order valence-electron chi connectivity index (χ2n) is 3.84. The Balaban J connectivity index is 2.59. The molecule has 0 aromatic heterocycles. The van der Waals surface area contributed by atoms with Crippen molar-refractivity contribution < 1.29 is 0 Å². The topological polar surface area (TPSA) is 23.8 Å². The summed E-state index contributed by atoms with van der Waals surface area (Å²) in [7, 11) is 0. The normalized spacial score (nSPS) is 26.6. The lowest BCUT2D eigenvalue weighted by Crippen LogP contribution is -2.03. The van der Waals surface area contributed by atoms with Crippen LogP contribution in [-0.2, 0) is 0 Å². The van der Waals surface area contributed by atoms with Crippen molar-refractivity contribution in [3.05, 3.63) is 22.7 Å². The van der Waals surface area contributed by atoms with Gasteiger partial charge in [0.25, 0.3) is 0 Å². The number of nitrogens with zero attached hydrogens (tertiary/aromatic N) is 1. The summed E-state index contributed by atoms with van der Waals surface area (Å²) in [5.41, 5.74) is 0.695. The Hall–Kier alpha value is -0.550. The zero-order valence-corrected chi connectivity index (χ0v) is 10.0. The van der Waals surface area contributed by atoms with Gasteiger partial charge in [-0.3, -0.25) is 0 Å². The van der Waals surface area contributed by atoms with Crippen molar-refractivity contribution >= 4 is 15.9 Å². The van der Waals surface area contributed by atoms with Crippen molar-refractivity contribution in [2.45, 2.75) is 38.5 Å². The standard InChI is InChI=1S/C12H16BrN/c1-10(9-14)8-11-6-4-2-3-5-7-12(11)13/h7,11H,1-6,8H2/b12-7+. The van der Waals surface area contributed by atoms with Crippen LogP contribution in [0.2, 0.25) is 0 Å². The quantitative estimate of drug-likeness (QED) is 0.673. The third-order valence-corrected chi connectivity index (χ3v) is 3.61. The Morgan fingerprint density at radius 2 is 2.36 bits per heavy atom. The fraction of sp³-hybridized carbons (Fsp3) is 0.583. The van der Waals surface area contributed by atoms with Gasteiger partial charge in [-0.15, -0.1) is 0 Å². The average molecular weight is 254 g/mol. The first kappa shape index (κ1) is 11.5. The Kier molecular flexibility index (Phi) is 4.97. The second kappa shape index (κ2) is 6.03.